The second kappa shape index (κ2) is 5.77. The van der Waals surface area contributed by atoms with Crippen molar-refractivity contribution in [3.05, 3.63) is 35.9 Å². The minimum absolute atomic E-state index is 0.182. The van der Waals surface area contributed by atoms with Crippen LogP contribution in [0.2, 0.25) is 0 Å². The largest absolute Gasteiger partial charge is 0.273 e. The van der Waals surface area contributed by atoms with E-state index in [4.69, 9.17) is 0 Å². The molecule has 0 aromatic carbocycles. The molecule has 0 aliphatic carbocycles. The Hall–Kier alpha value is -2.09. The van der Waals surface area contributed by atoms with Crippen LogP contribution in [0.5, 0.6) is 0 Å². The molecule has 1 N–H and O–H groups in total. The highest BCUT2D eigenvalue weighted by molar-refractivity contribution is 7.97. The van der Waals surface area contributed by atoms with Gasteiger partial charge in [0.15, 0.2) is 5.65 Å². The van der Waals surface area contributed by atoms with Crippen LogP contribution in [-0.2, 0) is 10.9 Å². The standard InChI is InChI=1S/C16H16F3N4S/c1-16(2,3)24(4)13-9(17)12(21-14(19)10(13)18)11-8-6-5-7-20-15(8)23-22-11/h5-7H,1-4H3,(H,20,22,23)/q+1. The first-order valence-corrected chi connectivity index (χ1v) is 8.85. The van der Waals surface area contributed by atoms with E-state index in [0.29, 0.717) is 11.0 Å². The lowest BCUT2D eigenvalue weighted by Crippen LogP contribution is -2.29. The van der Waals surface area contributed by atoms with Crippen LogP contribution < -0.4 is 0 Å². The number of nitrogens with zero attached hydrogens (tertiary/aromatic N) is 3. The van der Waals surface area contributed by atoms with Crippen molar-refractivity contribution in [1.29, 1.82) is 0 Å². The molecular weight excluding hydrogens is 337 g/mol. The summed E-state index contributed by atoms with van der Waals surface area (Å²) in [4.78, 5) is 7.23. The molecule has 0 aliphatic rings. The Balaban J connectivity index is 2.29. The number of hydrogen-bond donors (Lipinski definition) is 1. The highest BCUT2D eigenvalue weighted by atomic mass is 32.2. The minimum atomic E-state index is -1.32. The summed E-state index contributed by atoms with van der Waals surface area (Å²) in [6.45, 7) is 5.55. The van der Waals surface area contributed by atoms with Crippen molar-refractivity contribution >= 4 is 21.9 Å². The van der Waals surface area contributed by atoms with E-state index in [1.54, 1.807) is 18.4 Å². The molecule has 3 aromatic rings. The number of hydrogen-bond acceptors (Lipinski definition) is 3. The fourth-order valence-electron chi connectivity index (χ4n) is 2.27. The van der Waals surface area contributed by atoms with Gasteiger partial charge >= 0.3 is 0 Å². The fraction of sp³-hybridized carbons (Fsp3) is 0.312. The van der Waals surface area contributed by atoms with E-state index >= 15 is 4.39 Å². The molecule has 0 saturated heterocycles. The number of aromatic amines is 1. The third-order valence-electron chi connectivity index (χ3n) is 3.79. The lowest BCUT2D eigenvalue weighted by atomic mass is 10.2. The maximum absolute atomic E-state index is 15.1. The number of rotatable bonds is 2. The minimum Gasteiger partial charge on any atom is -0.273 e. The van der Waals surface area contributed by atoms with E-state index in [-0.39, 0.29) is 16.3 Å². The quantitative estimate of drug-likeness (QED) is 0.562. The zero-order valence-electron chi connectivity index (χ0n) is 13.6. The Morgan fingerprint density at radius 2 is 1.83 bits per heavy atom. The predicted octanol–water partition coefficient (Wildman–Crippen LogP) is 3.84. The van der Waals surface area contributed by atoms with Crippen LogP contribution in [0.1, 0.15) is 20.8 Å². The Morgan fingerprint density at radius 3 is 2.50 bits per heavy atom. The molecule has 1 atom stereocenters. The smallest absolute Gasteiger partial charge is 0.255 e. The summed E-state index contributed by atoms with van der Waals surface area (Å²) in [5.41, 5.74) is 0.246. The monoisotopic (exact) mass is 353 g/mol. The molecule has 3 heterocycles. The number of fused-ring (bicyclic) bond motifs is 1. The first-order chi connectivity index (χ1) is 11.2. The number of halogens is 3. The molecule has 0 saturated carbocycles. The second-order valence-corrected chi connectivity index (χ2v) is 8.96. The molecular formula is C16H16F3N4S+. The van der Waals surface area contributed by atoms with E-state index in [2.05, 4.69) is 20.2 Å². The van der Waals surface area contributed by atoms with Gasteiger partial charge in [-0.15, -0.1) is 0 Å². The molecule has 8 heteroatoms. The zero-order chi connectivity index (χ0) is 17.6. The molecule has 1 unspecified atom stereocenters. The van der Waals surface area contributed by atoms with Crippen LogP contribution in [0.25, 0.3) is 22.4 Å². The van der Waals surface area contributed by atoms with Gasteiger partial charge in [0.25, 0.3) is 5.95 Å². The van der Waals surface area contributed by atoms with Crippen molar-refractivity contribution in [3.63, 3.8) is 0 Å². The van der Waals surface area contributed by atoms with Crippen molar-refractivity contribution < 1.29 is 13.2 Å². The summed E-state index contributed by atoms with van der Waals surface area (Å²) in [6, 6.07) is 3.32. The topological polar surface area (TPSA) is 54.5 Å². The fourth-order valence-corrected chi connectivity index (χ4v) is 3.60. The van der Waals surface area contributed by atoms with E-state index in [1.165, 1.54) is 6.20 Å². The average molecular weight is 353 g/mol. The molecule has 24 heavy (non-hydrogen) atoms. The van der Waals surface area contributed by atoms with Gasteiger partial charge in [0.2, 0.25) is 16.5 Å². The molecule has 126 valence electrons. The highest BCUT2D eigenvalue weighted by Gasteiger charge is 2.40. The van der Waals surface area contributed by atoms with Crippen molar-refractivity contribution in [2.75, 3.05) is 6.26 Å². The van der Waals surface area contributed by atoms with Gasteiger partial charge < -0.3 is 0 Å². The van der Waals surface area contributed by atoms with Crippen LogP contribution in [0.3, 0.4) is 0 Å². The van der Waals surface area contributed by atoms with Gasteiger partial charge in [0.05, 0.1) is 5.69 Å². The van der Waals surface area contributed by atoms with Gasteiger partial charge in [-0.1, -0.05) is 0 Å². The molecule has 0 radical (unpaired) electrons. The predicted molar refractivity (Wildman–Crippen MR) is 88.3 cm³/mol. The second-order valence-electron chi connectivity index (χ2n) is 6.30. The zero-order valence-corrected chi connectivity index (χ0v) is 14.4. The number of pyridine rings is 2. The Labute approximate surface area is 139 Å². The Morgan fingerprint density at radius 1 is 1.12 bits per heavy atom. The summed E-state index contributed by atoms with van der Waals surface area (Å²) >= 11 is 0. The van der Waals surface area contributed by atoms with E-state index in [1.807, 2.05) is 20.8 Å². The van der Waals surface area contributed by atoms with Gasteiger partial charge in [-0.05, 0) is 32.9 Å². The Kier molecular flexibility index (Phi) is 4.03. The Bertz CT molecular complexity index is 918. The molecule has 0 fully saturated rings. The number of aromatic nitrogens is 4. The van der Waals surface area contributed by atoms with Crippen molar-refractivity contribution in [2.24, 2.45) is 0 Å². The average Bonchev–Trinajstić information content (AvgIpc) is 2.94. The molecule has 4 nitrogen and oxygen atoms in total. The molecule has 0 spiro atoms. The number of nitrogens with one attached hydrogen (secondary N) is 1. The van der Waals surface area contributed by atoms with Crippen molar-refractivity contribution in [1.82, 2.24) is 20.2 Å². The SMILES string of the molecule is C[S+](c1c(F)c(F)nc(-c2[nH]nc3ncccc23)c1F)C(C)(C)C. The molecule has 3 rings (SSSR count). The maximum Gasteiger partial charge on any atom is 0.255 e. The van der Waals surface area contributed by atoms with Crippen molar-refractivity contribution in [2.45, 2.75) is 30.4 Å². The highest BCUT2D eigenvalue weighted by Crippen LogP contribution is 2.35. The molecule has 0 aliphatic heterocycles. The lowest BCUT2D eigenvalue weighted by molar-refractivity contribution is 0.440. The van der Waals surface area contributed by atoms with E-state index in [0.717, 1.165) is 0 Å². The molecule has 0 bridgehead atoms. The lowest BCUT2D eigenvalue weighted by Gasteiger charge is -2.19. The summed E-state index contributed by atoms with van der Waals surface area (Å²) < 4.78 is 43.0. The van der Waals surface area contributed by atoms with Gasteiger partial charge in [0, 0.05) is 22.5 Å². The first-order valence-electron chi connectivity index (χ1n) is 7.22. The van der Waals surface area contributed by atoms with Gasteiger partial charge in [-0.3, -0.25) is 5.10 Å². The van der Waals surface area contributed by atoms with Crippen LogP contribution in [0, 0.1) is 17.6 Å². The van der Waals surface area contributed by atoms with E-state index in [9.17, 15) is 8.78 Å². The summed E-state index contributed by atoms with van der Waals surface area (Å²) in [5, 5.41) is 7.07. The maximum atomic E-state index is 15.1. The van der Waals surface area contributed by atoms with Crippen LogP contribution in [-0.4, -0.2) is 31.2 Å². The van der Waals surface area contributed by atoms with Crippen molar-refractivity contribution in [3.8, 4) is 11.4 Å². The van der Waals surface area contributed by atoms with Crippen LogP contribution in [0.4, 0.5) is 13.2 Å². The normalized spacial score (nSPS) is 13.5. The molecule has 0 amide bonds. The third-order valence-corrected chi connectivity index (χ3v) is 6.60. The summed E-state index contributed by atoms with van der Waals surface area (Å²) in [5.74, 6) is -3.43. The summed E-state index contributed by atoms with van der Waals surface area (Å²) in [7, 11) is -0.870. The van der Waals surface area contributed by atoms with Gasteiger partial charge in [-0.2, -0.15) is 18.3 Å². The van der Waals surface area contributed by atoms with E-state index < -0.39 is 33.2 Å². The number of H-pyrrole nitrogens is 1. The van der Waals surface area contributed by atoms with Crippen LogP contribution >= 0.6 is 0 Å². The molecule has 3 aromatic heterocycles. The summed E-state index contributed by atoms with van der Waals surface area (Å²) in [6.07, 6.45) is 3.23. The van der Waals surface area contributed by atoms with Crippen LogP contribution in [0.15, 0.2) is 23.2 Å². The first kappa shape index (κ1) is 16.8. The van der Waals surface area contributed by atoms with Gasteiger partial charge in [-0.25, -0.2) is 9.97 Å². The third kappa shape index (κ3) is 2.64. The van der Waals surface area contributed by atoms with Gasteiger partial charge in [0.1, 0.15) is 16.7 Å².